The van der Waals surface area contributed by atoms with Crippen molar-refractivity contribution in [3.05, 3.63) is 0 Å². The summed E-state index contributed by atoms with van der Waals surface area (Å²) in [7, 11) is 3.58. The van der Waals surface area contributed by atoms with E-state index < -0.39 is 0 Å². The average molecular weight is 241 g/mol. The van der Waals surface area contributed by atoms with Gasteiger partial charge in [-0.15, -0.1) is 0 Å². The molecule has 0 aromatic carbocycles. The van der Waals surface area contributed by atoms with E-state index in [9.17, 15) is 4.79 Å². The largest absolute Gasteiger partial charge is 0.334 e. The molecule has 0 saturated carbocycles. The second kappa shape index (κ2) is 7.54. The van der Waals surface area contributed by atoms with E-state index >= 15 is 0 Å². The van der Waals surface area contributed by atoms with Gasteiger partial charge in [0, 0.05) is 26.7 Å². The SMILES string of the molecule is CCCCCN1CCC[C@H](NC(=O)N(C)C)C1. The minimum absolute atomic E-state index is 0.0328. The van der Waals surface area contributed by atoms with E-state index in [1.807, 2.05) is 0 Å². The van der Waals surface area contributed by atoms with Gasteiger partial charge in [-0.1, -0.05) is 19.8 Å². The van der Waals surface area contributed by atoms with Crippen molar-refractivity contribution in [2.75, 3.05) is 33.7 Å². The predicted octanol–water partition coefficient (Wildman–Crippen LogP) is 1.91. The number of amides is 2. The molecule has 1 atom stereocenters. The number of urea groups is 1. The Morgan fingerprint density at radius 2 is 2.18 bits per heavy atom. The Labute approximate surface area is 105 Å². The first kappa shape index (κ1) is 14.3. The Bertz CT molecular complexity index is 231. The summed E-state index contributed by atoms with van der Waals surface area (Å²) in [5.74, 6) is 0. The van der Waals surface area contributed by atoms with Crippen LogP contribution in [0.2, 0.25) is 0 Å². The van der Waals surface area contributed by atoms with Crippen molar-refractivity contribution in [1.82, 2.24) is 15.1 Å². The summed E-state index contributed by atoms with van der Waals surface area (Å²) in [6, 6.07) is 0.366. The molecular weight excluding hydrogens is 214 g/mol. The van der Waals surface area contributed by atoms with E-state index in [4.69, 9.17) is 0 Å². The number of nitrogens with zero attached hydrogens (tertiary/aromatic N) is 2. The fourth-order valence-corrected chi connectivity index (χ4v) is 2.27. The molecule has 1 aliphatic rings. The highest BCUT2D eigenvalue weighted by atomic mass is 16.2. The van der Waals surface area contributed by atoms with Crippen LogP contribution in [-0.4, -0.2) is 55.6 Å². The number of likely N-dealkylation sites (tertiary alicyclic amines) is 1. The molecule has 0 spiro atoms. The molecule has 1 fully saturated rings. The molecule has 4 heteroatoms. The van der Waals surface area contributed by atoms with Gasteiger partial charge >= 0.3 is 6.03 Å². The first-order valence-corrected chi connectivity index (χ1v) is 6.83. The van der Waals surface area contributed by atoms with Crippen LogP contribution in [0.25, 0.3) is 0 Å². The predicted molar refractivity (Wildman–Crippen MR) is 71.2 cm³/mol. The standard InChI is InChI=1S/C13H27N3O/c1-4-5-6-9-16-10-7-8-12(11-16)14-13(17)15(2)3/h12H,4-11H2,1-3H3,(H,14,17)/t12-/m0/s1. The number of unbranched alkanes of at least 4 members (excludes halogenated alkanes) is 2. The van der Waals surface area contributed by atoms with Crippen LogP contribution in [0.5, 0.6) is 0 Å². The zero-order valence-electron chi connectivity index (χ0n) is 11.5. The fraction of sp³-hybridized carbons (Fsp3) is 0.923. The topological polar surface area (TPSA) is 35.6 Å². The average Bonchev–Trinajstić information content (AvgIpc) is 2.30. The van der Waals surface area contributed by atoms with Crippen LogP contribution < -0.4 is 5.32 Å². The Morgan fingerprint density at radius 3 is 2.82 bits per heavy atom. The Morgan fingerprint density at radius 1 is 1.41 bits per heavy atom. The van der Waals surface area contributed by atoms with E-state index in [0.29, 0.717) is 6.04 Å². The molecule has 0 aliphatic carbocycles. The highest BCUT2D eigenvalue weighted by molar-refractivity contribution is 5.73. The molecule has 1 N–H and O–H groups in total. The van der Waals surface area contributed by atoms with Gasteiger partial charge in [0.1, 0.15) is 0 Å². The molecule has 0 unspecified atom stereocenters. The van der Waals surface area contributed by atoms with Gasteiger partial charge in [-0.2, -0.15) is 0 Å². The number of nitrogens with one attached hydrogen (secondary N) is 1. The lowest BCUT2D eigenvalue weighted by Gasteiger charge is -2.33. The Hall–Kier alpha value is -0.770. The highest BCUT2D eigenvalue weighted by Gasteiger charge is 2.21. The maximum absolute atomic E-state index is 11.6. The molecular formula is C13H27N3O. The van der Waals surface area contributed by atoms with Gasteiger partial charge in [0.2, 0.25) is 0 Å². The molecule has 0 radical (unpaired) electrons. The lowest BCUT2D eigenvalue weighted by Crippen LogP contribution is -2.50. The number of piperidine rings is 1. The zero-order valence-corrected chi connectivity index (χ0v) is 11.5. The third-order valence-electron chi connectivity index (χ3n) is 3.32. The number of hydrogen-bond acceptors (Lipinski definition) is 2. The Balaban J connectivity index is 2.26. The molecule has 1 heterocycles. The molecule has 2 amide bonds. The van der Waals surface area contributed by atoms with Crippen LogP contribution in [0.15, 0.2) is 0 Å². The van der Waals surface area contributed by atoms with Gasteiger partial charge in [0.25, 0.3) is 0 Å². The maximum Gasteiger partial charge on any atom is 0.317 e. The minimum atomic E-state index is 0.0328. The van der Waals surface area contributed by atoms with E-state index in [-0.39, 0.29) is 6.03 Å². The van der Waals surface area contributed by atoms with E-state index in [0.717, 1.165) is 13.0 Å². The summed E-state index contributed by atoms with van der Waals surface area (Å²) >= 11 is 0. The summed E-state index contributed by atoms with van der Waals surface area (Å²) in [6.07, 6.45) is 6.18. The zero-order chi connectivity index (χ0) is 12.7. The maximum atomic E-state index is 11.6. The lowest BCUT2D eigenvalue weighted by atomic mass is 10.1. The minimum Gasteiger partial charge on any atom is -0.334 e. The lowest BCUT2D eigenvalue weighted by molar-refractivity contribution is 0.174. The van der Waals surface area contributed by atoms with Gasteiger partial charge in [0.15, 0.2) is 0 Å². The number of carbonyl (C=O) groups is 1. The molecule has 0 bridgehead atoms. The summed E-state index contributed by atoms with van der Waals surface area (Å²) < 4.78 is 0. The Kier molecular flexibility index (Phi) is 6.34. The van der Waals surface area contributed by atoms with Crippen LogP contribution >= 0.6 is 0 Å². The molecule has 0 aromatic rings. The van der Waals surface area contributed by atoms with Crippen LogP contribution in [0.3, 0.4) is 0 Å². The smallest absolute Gasteiger partial charge is 0.317 e. The fourth-order valence-electron chi connectivity index (χ4n) is 2.27. The van der Waals surface area contributed by atoms with Crippen molar-refractivity contribution >= 4 is 6.03 Å². The van der Waals surface area contributed by atoms with Crippen LogP contribution in [0.1, 0.15) is 39.0 Å². The van der Waals surface area contributed by atoms with Crippen LogP contribution in [0.4, 0.5) is 4.79 Å². The first-order chi connectivity index (χ1) is 8.13. The van der Waals surface area contributed by atoms with Crippen LogP contribution in [-0.2, 0) is 0 Å². The summed E-state index contributed by atoms with van der Waals surface area (Å²) in [6.45, 7) is 5.62. The first-order valence-electron chi connectivity index (χ1n) is 6.83. The molecule has 1 saturated heterocycles. The molecule has 100 valence electrons. The molecule has 1 aliphatic heterocycles. The van der Waals surface area contributed by atoms with E-state index in [1.54, 1.807) is 19.0 Å². The van der Waals surface area contributed by atoms with E-state index in [1.165, 1.54) is 38.8 Å². The summed E-state index contributed by atoms with van der Waals surface area (Å²) in [4.78, 5) is 15.7. The van der Waals surface area contributed by atoms with E-state index in [2.05, 4.69) is 17.1 Å². The van der Waals surface area contributed by atoms with Gasteiger partial charge in [-0.3, -0.25) is 0 Å². The van der Waals surface area contributed by atoms with Crippen molar-refractivity contribution in [2.24, 2.45) is 0 Å². The van der Waals surface area contributed by atoms with Gasteiger partial charge in [-0.05, 0) is 32.4 Å². The normalized spacial score (nSPS) is 21.2. The third kappa shape index (κ3) is 5.39. The number of hydrogen-bond donors (Lipinski definition) is 1. The third-order valence-corrected chi connectivity index (χ3v) is 3.32. The second-order valence-electron chi connectivity index (χ2n) is 5.19. The molecule has 1 rings (SSSR count). The van der Waals surface area contributed by atoms with Crippen molar-refractivity contribution in [3.8, 4) is 0 Å². The number of carbonyl (C=O) groups excluding carboxylic acids is 1. The monoisotopic (exact) mass is 241 g/mol. The second-order valence-corrected chi connectivity index (χ2v) is 5.19. The summed E-state index contributed by atoms with van der Waals surface area (Å²) in [5, 5.41) is 3.08. The van der Waals surface area contributed by atoms with Crippen molar-refractivity contribution < 1.29 is 4.79 Å². The quantitative estimate of drug-likeness (QED) is 0.746. The van der Waals surface area contributed by atoms with Crippen molar-refractivity contribution in [2.45, 2.75) is 45.1 Å². The molecule has 0 aromatic heterocycles. The molecule has 17 heavy (non-hydrogen) atoms. The number of rotatable bonds is 5. The van der Waals surface area contributed by atoms with Gasteiger partial charge in [0.05, 0.1) is 0 Å². The molecule has 4 nitrogen and oxygen atoms in total. The van der Waals surface area contributed by atoms with Gasteiger partial charge < -0.3 is 15.1 Å². The van der Waals surface area contributed by atoms with Crippen molar-refractivity contribution in [3.63, 3.8) is 0 Å². The highest BCUT2D eigenvalue weighted by Crippen LogP contribution is 2.11. The van der Waals surface area contributed by atoms with Crippen molar-refractivity contribution in [1.29, 1.82) is 0 Å². The van der Waals surface area contributed by atoms with Crippen LogP contribution in [0, 0.1) is 0 Å². The summed E-state index contributed by atoms with van der Waals surface area (Å²) in [5.41, 5.74) is 0. The van der Waals surface area contributed by atoms with Gasteiger partial charge in [-0.25, -0.2) is 4.79 Å².